The molecule has 226 valence electrons. The summed E-state index contributed by atoms with van der Waals surface area (Å²) in [7, 11) is 0. The van der Waals surface area contributed by atoms with E-state index in [1.165, 1.54) is 22.3 Å². The summed E-state index contributed by atoms with van der Waals surface area (Å²) in [5.74, 6) is 0.696. The van der Waals surface area contributed by atoms with E-state index in [1.807, 2.05) is 12.1 Å². The normalized spacial score (nSPS) is 10.9. The standard InChI is InChI=1S/C46H32N2/c1-5-14-33(15-6-1)35-24-26-36(27-25-35)39-22-13-23-40(28-39)42-29-41(34-16-7-2-8-17-34)30-43(31-42)46-47-44(37-18-9-3-10-19-37)32-45(48-46)38-20-11-4-12-21-38/h1-32H. The zero-order chi connectivity index (χ0) is 32.1. The smallest absolute Gasteiger partial charge is 0.160 e. The first kappa shape index (κ1) is 29.1. The van der Waals surface area contributed by atoms with Crippen LogP contribution in [-0.2, 0) is 0 Å². The fraction of sp³-hybridized carbons (Fsp3) is 0. The van der Waals surface area contributed by atoms with Gasteiger partial charge < -0.3 is 0 Å². The van der Waals surface area contributed by atoms with Crippen molar-refractivity contribution < 1.29 is 0 Å². The van der Waals surface area contributed by atoms with Gasteiger partial charge in [-0.1, -0.05) is 164 Å². The van der Waals surface area contributed by atoms with Crippen LogP contribution in [-0.4, -0.2) is 9.97 Å². The first-order valence-corrected chi connectivity index (χ1v) is 16.2. The summed E-state index contributed by atoms with van der Waals surface area (Å²) >= 11 is 0. The Morgan fingerprint density at radius 3 is 1.02 bits per heavy atom. The summed E-state index contributed by atoms with van der Waals surface area (Å²) in [6, 6.07) is 68.1. The lowest BCUT2D eigenvalue weighted by atomic mass is 9.93. The van der Waals surface area contributed by atoms with Gasteiger partial charge in [0, 0.05) is 16.7 Å². The summed E-state index contributed by atoms with van der Waals surface area (Å²) in [5.41, 5.74) is 14.2. The molecular weight excluding hydrogens is 581 g/mol. The second-order valence-electron chi connectivity index (χ2n) is 11.9. The van der Waals surface area contributed by atoms with Crippen molar-refractivity contribution in [2.24, 2.45) is 0 Å². The number of hydrogen-bond donors (Lipinski definition) is 0. The van der Waals surface area contributed by atoms with E-state index in [4.69, 9.17) is 9.97 Å². The molecule has 7 aromatic carbocycles. The molecule has 0 aliphatic carbocycles. The molecule has 2 nitrogen and oxygen atoms in total. The zero-order valence-electron chi connectivity index (χ0n) is 26.4. The summed E-state index contributed by atoms with van der Waals surface area (Å²) in [4.78, 5) is 10.3. The van der Waals surface area contributed by atoms with Gasteiger partial charge >= 0.3 is 0 Å². The molecule has 48 heavy (non-hydrogen) atoms. The number of benzene rings is 7. The van der Waals surface area contributed by atoms with Crippen molar-refractivity contribution in [1.82, 2.24) is 9.97 Å². The van der Waals surface area contributed by atoms with Crippen molar-refractivity contribution in [2.45, 2.75) is 0 Å². The molecule has 1 aromatic heterocycles. The molecule has 0 amide bonds. The van der Waals surface area contributed by atoms with E-state index in [9.17, 15) is 0 Å². The van der Waals surface area contributed by atoms with Gasteiger partial charge in [0.1, 0.15) is 0 Å². The maximum absolute atomic E-state index is 5.16. The number of hydrogen-bond acceptors (Lipinski definition) is 2. The van der Waals surface area contributed by atoms with Crippen molar-refractivity contribution in [1.29, 1.82) is 0 Å². The van der Waals surface area contributed by atoms with Crippen LogP contribution >= 0.6 is 0 Å². The van der Waals surface area contributed by atoms with Crippen molar-refractivity contribution in [3.63, 3.8) is 0 Å². The zero-order valence-corrected chi connectivity index (χ0v) is 26.4. The number of aromatic nitrogens is 2. The minimum absolute atomic E-state index is 0.696. The highest BCUT2D eigenvalue weighted by molar-refractivity contribution is 5.83. The highest BCUT2D eigenvalue weighted by Gasteiger charge is 2.14. The van der Waals surface area contributed by atoms with Crippen molar-refractivity contribution in [2.75, 3.05) is 0 Å². The van der Waals surface area contributed by atoms with Crippen LogP contribution in [0.25, 0.3) is 78.4 Å². The Labute approximate surface area is 281 Å². The lowest BCUT2D eigenvalue weighted by Crippen LogP contribution is -1.97. The van der Waals surface area contributed by atoms with E-state index < -0.39 is 0 Å². The summed E-state index contributed by atoms with van der Waals surface area (Å²) in [6.07, 6.45) is 0. The third-order valence-corrected chi connectivity index (χ3v) is 8.68. The molecule has 2 heteroatoms. The van der Waals surface area contributed by atoms with E-state index in [-0.39, 0.29) is 0 Å². The van der Waals surface area contributed by atoms with Crippen molar-refractivity contribution >= 4 is 0 Å². The number of nitrogens with zero attached hydrogens (tertiary/aromatic N) is 2. The van der Waals surface area contributed by atoms with Crippen LogP contribution < -0.4 is 0 Å². The molecule has 0 radical (unpaired) electrons. The second kappa shape index (κ2) is 13.2. The van der Waals surface area contributed by atoms with Gasteiger partial charge in [-0.3, -0.25) is 0 Å². The van der Waals surface area contributed by atoms with Crippen LogP contribution in [0.1, 0.15) is 0 Å². The average molecular weight is 613 g/mol. The Morgan fingerprint density at radius 1 is 0.208 bits per heavy atom. The van der Waals surface area contributed by atoms with Gasteiger partial charge in [-0.25, -0.2) is 9.97 Å². The van der Waals surface area contributed by atoms with Gasteiger partial charge in [0.05, 0.1) is 11.4 Å². The molecule has 8 rings (SSSR count). The Morgan fingerprint density at radius 2 is 0.521 bits per heavy atom. The quantitative estimate of drug-likeness (QED) is 0.179. The molecule has 0 aliphatic rings. The first-order chi connectivity index (χ1) is 23.8. The van der Waals surface area contributed by atoms with Gasteiger partial charge in [0.25, 0.3) is 0 Å². The molecular formula is C46H32N2. The third-order valence-electron chi connectivity index (χ3n) is 8.68. The van der Waals surface area contributed by atoms with E-state index in [1.54, 1.807) is 0 Å². The molecule has 8 aromatic rings. The third kappa shape index (κ3) is 6.20. The predicted octanol–water partition coefficient (Wildman–Crippen LogP) is 12.1. The second-order valence-corrected chi connectivity index (χ2v) is 11.9. The molecule has 0 N–H and O–H groups in total. The maximum atomic E-state index is 5.16. The van der Waals surface area contributed by atoms with Crippen LogP contribution in [0, 0.1) is 0 Å². The molecule has 0 spiro atoms. The van der Waals surface area contributed by atoms with E-state index in [0.717, 1.165) is 50.3 Å². The molecule has 0 aliphatic heterocycles. The first-order valence-electron chi connectivity index (χ1n) is 16.2. The van der Waals surface area contributed by atoms with Gasteiger partial charge in [0.15, 0.2) is 5.82 Å². The van der Waals surface area contributed by atoms with E-state index in [0.29, 0.717) is 5.82 Å². The Kier molecular flexibility index (Phi) is 7.96. The van der Waals surface area contributed by atoms with Crippen LogP contribution in [0.3, 0.4) is 0 Å². The van der Waals surface area contributed by atoms with Crippen molar-refractivity contribution in [3.8, 4) is 78.4 Å². The van der Waals surface area contributed by atoms with Crippen LogP contribution in [0.4, 0.5) is 0 Å². The van der Waals surface area contributed by atoms with Gasteiger partial charge in [-0.15, -0.1) is 0 Å². The topological polar surface area (TPSA) is 25.8 Å². The van der Waals surface area contributed by atoms with Gasteiger partial charge in [-0.2, -0.15) is 0 Å². The summed E-state index contributed by atoms with van der Waals surface area (Å²) in [5, 5.41) is 0. The highest BCUT2D eigenvalue weighted by Crippen LogP contribution is 2.35. The lowest BCUT2D eigenvalue weighted by molar-refractivity contribution is 1.18. The lowest BCUT2D eigenvalue weighted by Gasteiger charge is -2.14. The van der Waals surface area contributed by atoms with Crippen LogP contribution in [0.5, 0.6) is 0 Å². The van der Waals surface area contributed by atoms with Gasteiger partial charge in [-0.05, 0) is 74.8 Å². The summed E-state index contributed by atoms with van der Waals surface area (Å²) < 4.78 is 0. The maximum Gasteiger partial charge on any atom is 0.160 e. The number of rotatable bonds is 7. The molecule has 0 saturated heterocycles. The molecule has 0 atom stereocenters. The minimum Gasteiger partial charge on any atom is -0.228 e. The van der Waals surface area contributed by atoms with E-state index >= 15 is 0 Å². The molecule has 0 fully saturated rings. The molecule has 0 unspecified atom stereocenters. The fourth-order valence-electron chi connectivity index (χ4n) is 6.17. The van der Waals surface area contributed by atoms with Crippen LogP contribution in [0.15, 0.2) is 194 Å². The Hall–Kier alpha value is -6.38. The van der Waals surface area contributed by atoms with Crippen LogP contribution in [0.2, 0.25) is 0 Å². The van der Waals surface area contributed by atoms with E-state index in [2.05, 4.69) is 182 Å². The largest absolute Gasteiger partial charge is 0.228 e. The minimum atomic E-state index is 0.696. The van der Waals surface area contributed by atoms with Crippen molar-refractivity contribution in [3.05, 3.63) is 194 Å². The Bertz CT molecular complexity index is 2240. The highest BCUT2D eigenvalue weighted by atomic mass is 14.9. The fourth-order valence-corrected chi connectivity index (χ4v) is 6.17. The molecule has 1 heterocycles. The Balaban J connectivity index is 1.25. The molecule has 0 saturated carbocycles. The van der Waals surface area contributed by atoms with Gasteiger partial charge in [0.2, 0.25) is 0 Å². The summed E-state index contributed by atoms with van der Waals surface area (Å²) in [6.45, 7) is 0. The average Bonchev–Trinajstić information content (AvgIpc) is 3.19. The SMILES string of the molecule is c1ccc(-c2ccc(-c3cccc(-c4cc(-c5ccccc5)cc(-c5nc(-c6ccccc6)cc(-c6ccccc6)n5)c4)c3)cc2)cc1. The monoisotopic (exact) mass is 612 g/mol. The predicted molar refractivity (Wildman–Crippen MR) is 200 cm³/mol. The molecule has 0 bridgehead atoms.